The molecule has 0 aromatic heterocycles. The number of nitrogens with zero attached hydrogens (tertiary/aromatic N) is 2. The molecule has 0 saturated heterocycles. The first-order valence-corrected chi connectivity index (χ1v) is 25.3. The molecule has 0 amide bonds. The minimum Gasteiger partial charge on any atom is -0.307 e. The lowest BCUT2D eigenvalue weighted by Crippen LogP contribution is -2.25. The number of rotatable bonds is 6. The summed E-state index contributed by atoms with van der Waals surface area (Å²) in [5.41, 5.74) is 45.7. The van der Waals surface area contributed by atoms with Gasteiger partial charge in [0.1, 0.15) is 0 Å². The first-order chi connectivity index (χ1) is 31.5. The van der Waals surface area contributed by atoms with Crippen molar-refractivity contribution in [2.45, 2.75) is 194 Å². The van der Waals surface area contributed by atoms with E-state index in [0.29, 0.717) is 0 Å². The summed E-state index contributed by atoms with van der Waals surface area (Å²) in [6.07, 6.45) is 0. The molecule has 0 saturated carbocycles. The molecule has 2 nitrogen and oxygen atoms in total. The van der Waals surface area contributed by atoms with Gasteiger partial charge < -0.3 is 9.80 Å². The molecule has 0 aliphatic heterocycles. The average Bonchev–Trinajstić information content (AvgIpc) is 3.31. The Morgan fingerprint density at radius 1 is 0.118 bits per heavy atom. The summed E-state index contributed by atoms with van der Waals surface area (Å²) in [6.45, 7) is 66.5. The third-order valence-corrected chi connectivity index (χ3v) is 19.5. The standard InChI is InChI=1S/C66H84N2/c1-29-37(9)49(21)61(50(22)38(29)10)67(62-51(23)39(11)30(2)40(12)52(62)24)65-59-47(19)35(7)33(5)45(17)57(59)58-46(18)34(6)36(8)48(20)60(58)66(65)68(63-53(25)41(13)31(3)42(14)54(63)26)64-55(27)43(15)32(4)44(16)56(64)28/h1-28H3. The van der Waals surface area contributed by atoms with Crippen LogP contribution in [0.2, 0.25) is 0 Å². The molecule has 0 aliphatic carbocycles. The van der Waals surface area contributed by atoms with Gasteiger partial charge in [0.05, 0.1) is 34.1 Å². The van der Waals surface area contributed by atoms with E-state index < -0.39 is 0 Å². The molecule has 68 heavy (non-hydrogen) atoms. The van der Waals surface area contributed by atoms with E-state index in [1.165, 1.54) is 211 Å². The molecule has 0 spiro atoms. The maximum atomic E-state index is 2.83. The van der Waals surface area contributed by atoms with Crippen molar-refractivity contribution in [2.75, 3.05) is 9.80 Å². The fourth-order valence-electron chi connectivity index (χ4n) is 12.4. The smallest absolute Gasteiger partial charge is 0.0791 e. The normalized spacial score (nSPS) is 11.8. The van der Waals surface area contributed by atoms with Crippen LogP contribution in [0.25, 0.3) is 21.5 Å². The summed E-state index contributed by atoms with van der Waals surface area (Å²) in [7, 11) is 0. The maximum Gasteiger partial charge on any atom is 0.0791 e. The number of hydrogen-bond donors (Lipinski definition) is 0. The third-order valence-electron chi connectivity index (χ3n) is 19.5. The summed E-state index contributed by atoms with van der Waals surface area (Å²) in [6, 6.07) is 0. The predicted molar refractivity (Wildman–Crippen MR) is 303 cm³/mol. The van der Waals surface area contributed by atoms with Crippen molar-refractivity contribution in [3.8, 4) is 0 Å². The maximum absolute atomic E-state index is 2.83. The Bertz CT molecular complexity index is 2920. The second-order valence-electron chi connectivity index (χ2n) is 21.8. The number of fused-ring (bicyclic) bond motifs is 3. The molecule has 0 atom stereocenters. The lowest BCUT2D eigenvalue weighted by molar-refractivity contribution is 1.08. The SMILES string of the molecule is Cc1c(C)c(C)c(N(c2c(C)c(C)c(C)c(C)c2C)c2c(N(c3c(C)c(C)c(C)c(C)c3C)c3c(C)c(C)c(C)c(C)c3C)c3c(C)c(C)c(C)c(C)c3c3c(C)c(C)c(C)c(C)c23)c(C)c1C. The largest absolute Gasteiger partial charge is 0.307 e. The van der Waals surface area contributed by atoms with Crippen LogP contribution in [0.1, 0.15) is 156 Å². The summed E-state index contributed by atoms with van der Waals surface area (Å²) in [5, 5.41) is 5.46. The molecule has 0 N–H and O–H groups in total. The van der Waals surface area contributed by atoms with Gasteiger partial charge in [-0.25, -0.2) is 0 Å². The minimum atomic E-state index is 1.27. The Hall–Kier alpha value is -5.34. The number of anilines is 6. The van der Waals surface area contributed by atoms with Gasteiger partial charge >= 0.3 is 0 Å². The van der Waals surface area contributed by atoms with Gasteiger partial charge in [-0.3, -0.25) is 0 Å². The average molecular weight is 905 g/mol. The minimum absolute atomic E-state index is 1.27. The Kier molecular flexibility index (Phi) is 12.8. The summed E-state index contributed by atoms with van der Waals surface area (Å²) < 4.78 is 0. The highest BCUT2D eigenvalue weighted by molar-refractivity contribution is 6.28. The molecular formula is C66H84N2. The molecular weight excluding hydrogens is 821 g/mol. The molecule has 7 rings (SSSR count). The van der Waals surface area contributed by atoms with Crippen LogP contribution in [0.3, 0.4) is 0 Å². The van der Waals surface area contributed by atoms with Gasteiger partial charge in [0.15, 0.2) is 0 Å². The third kappa shape index (κ3) is 6.76. The summed E-state index contributed by atoms with van der Waals surface area (Å²) >= 11 is 0. The number of benzene rings is 7. The molecule has 358 valence electrons. The van der Waals surface area contributed by atoms with Crippen molar-refractivity contribution in [1.82, 2.24) is 0 Å². The second-order valence-corrected chi connectivity index (χ2v) is 21.8. The molecule has 2 heteroatoms. The molecule has 7 aromatic carbocycles. The number of hydrogen-bond acceptors (Lipinski definition) is 2. The van der Waals surface area contributed by atoms with Crippen LogP contribution < -0.4 is 9.80 Å². The molecule has 0 radical (unpaired) electrons. The van der Waals surface area contributed by atoms with Gasteiger partial charge in [-0.2, -0.15) is 0 Å². The first-order valence-electron chi connectivity index (χ1n) is 25.3. The van der Waals surface area contributed by atoms with Crippen molar-refractivity contribution in [2.24, 2.45) is 0 Å². The topological polar surface area (TPSA) is 6.48 Å². The second kappa shape index (κ2) is 17.3. The van der Waals surface area contributed by atoms with Gasteiger partial charge in [0.25, 0.3) is 0 Å². The van der Waals surface area contributed by atoms with Crippen LogP contribution in [-0.2, 0) is 0 Å². The van der Waals surface area contributed by atoms with Gasteiger partial charge in [0, 0.05) is 10.8 Å². The van der Waals surface area contributed by atoms with Crippen LogP contribution in [-0.4, -0.2) is 0 Å². The molecule has 0 unspecified atom stereocenters. The van der Waals surface area contributed by atoms with E-state index in [4.69, 9.17) is 0 Å². The molecule has 0 fully saturated rings. The van der Waals surface area contributed by atoms with E-state index in [9.17, 15) is 0 Å². The molecule has 0 heterocycles. The van der Waals surface area contributed by atoms with Crippen LogP contribution in [0.15, 0.2) is 0 Å². The van der Waals surface area contributed by atoms with E-state index in [1.54, 1.807) is 0 Å². The highest BCUT2D eigenvalue weighted by atomic mass is 15.2. The van der Waals surface area contributed by atoms with Gasteiger partial charge in [-0.15, -0.1) is 0 Å². The highest BCUT2D eigenvalue weighted by Gasteiger charge is 2.37. The molecule has 0 bridgehead atoms. The predicted octanol–water partition coefficient (Wildman–Crippen LogP) is 19.6. The number of aryl methyl sites for hydroxylation is 4. The van der Waals surface area contributed by atoms with Crippen molar-refractivity contribution >= 4 is 55.7 Å². The van der Waals surface area contributed by atoms with Crippen LogP contribution in [0, 0.1) is 194 Å². The fraction of sp³-hybridized carbons (Fsp3) is 0.424. The van der Waals surface area contributed by atoms with Crippen LogP contribution in [0.4, 0.5) is 34.1 Å². The first kappa shape index (κ1) is 50.5. The van der Waals surface area contributed by atoms with Gasteiger partial charge in [0.2, 0.25) is 0 Å². The zero-order valence-electron chi connectivity index (χ0n) is 47.9. The van der Waals surface area contributed by atoms with Gasteiger partial charge in [-0.05, 0) is 360 Å². The monoisotopic (exact) mass is 905 g/mol. The Balaban J connectivity index is 2.07. The van der Waals surface area contributed by atoms with Crippen molar-refractivity contribution in [3.63, 3.8) is 0 Å². The van der Waals surface area contributed by atoms with Crippen LogP contribution in [0.5, 0.6) is 0 Å². The van der Waals surface area contributed by atoms with Crippen molar-refractivity contribution < 1.29 is 0 Å². The Morgan fingerprint density at radius 3 is 0.397 bits per heavy atom. The van der Waals surface area contributed by atoms with Crippen molar-refractivity contribution in [1.29, 1.82) is 0 Å². The molecule has 0 aliphatic rings. The highest BCUT2D eigenvalue weighted by Crippen LogP contribution is 2.60. The lowest BCUT2D eigenvalue weighted by atomic mass is 9.80. The Labute approximate surface area is 413 Å². The summed E-state index contributed by atoms with van der Waals surface area (Å²) in [4.78, 5) is 5.67. The zero-order chi connectivity index (χ0) is 51.1. The lowest BCUT2D eigenvalue weighted by Gasteiger charge is -2.42. The summed E-state index contributed by atoms with van der Waals surface area (Å²) in [5.74, 6) is 0. The van der Waals surface area contributed by atoms with E-state index in [1.807, 2.05) is 0 Å². The van der Waals surface area contributed by atoms with E-state index in [2.05, 4.69) is 204 Å². The van der Waals surface area contributed by atoms with E-state index in [0.717, 1.165) is 0 Å². The van der Waals surface area contributed by atoms with Crippen molar-refractivity contribution in [3.05, 3.63) is 156 Å². The van der Waals surface area contributed by atoms with E-state index in [-0.39, 0.29) is 0 Å². The van der Waals surface area contributed by atoms with E-state index >= 15 is 0 Å². The Morgan fingerprint density at radius 2 is 0.235 bits per heavy atom. The van der Waals surface area contributed by atoms with Gasteiger partial charge in [-0.1, -0.05) is 0 Å². The quantitative estimate of drug-likeness (QED) is 0.121. The zero-order valence-corrected chi connectivity index (χ0v) is 47.9. The molecule has 7 aromatic rings. The fourth-order valence-corrected chi connectivity index (χ4v) is 12.4. The van der Waals surface area contributed by atoms with Crippen LogP contribution >= 0.6 is 0 Å².